The lowest BCUT2D eigenvalue weighted by molar-refractivity contribution is -0.376. The van der Waals surface area contributed by atoms with Crippen molar-refractivity contribution in [2.24, 2.45) is 4.99 Å². The van der Waals surface area contributed by atoms with Crippen LogP contribution in [0.5, 0.6) is 0 Å². The third kappa shape index (κ3) is 1.05. The standard InChI is InChI=1S/C10H8N2O4/c13-12(14)9-10(15-5-6-16-10)7-3-1-2-4-8(7)11-9/h1-4H,5-6H2. The Morgan fingerprint density at radius 1 is 1.31 bits per heavy atom. The first kappa shape index (κ1) is 9.44. The van der Waals surface area contributed by atoms with Crippen LogP contribution in [0.2, 0.25) is 0 Å². The van der Waals surface area contributed by atoms with Crippen LogP contribution < -0.4 is 0 Å². The molecule has 2 aliphatic rings. The molecule has 6 nitrogen and oxygen atoms in total. The van der Waals surface area contributed by atoms with Crippen LogP contribution in [-0.2, 0) is 15.3 Å². The van der Waals surface area contributed by atoms with Gasteiger partial charge in [-0.25, -0.2) is 0 Å². The van der Waals surface area contributed by atoms with E-state index in [1.165, 1.54) is 0 Å². The average Bonchev–Trinajstić information content (AvgIpc) is 2.87. The van der Waals surface area contributed by atoms with Crippen molar-refractivity contribution in [3.63, 3.8) is 0 Å². The fourth-order valence-corrected chi connectivity index (χ4v) is 2.02. The molecule has 2 aliphatic heterocycles. The molecule has 82 valence electrons. The van der Waals surface area contributed by atoms with E-state index in [4.69, 9.17) is 9.47 Å². The minimum Gasteiger partial charge on any atom is -0.358 e. The van der Waals surface area contributed by atoms with E-state index in [2.05, 4.69) is 4.99 Å². The molecule has 0 bridgehead atoms. The van der Waals surface area contributed by atoms with Gasteiger partial charge in [-0.2, -0.15) is 0 Å². The van der Waals surface area contributed by atoms with Crippen molar-refractivity contribution in [2.75, 3.05) is 13.2 Å². The molecule has 0 amide bonds. The Labute approximate surface area is 90.7 Å². The molecule has 0 unspecified atom stereocenters. The Balaban J connectivity index is 2.20. The summed E-state index contributed by atoms with van der Waals surface area (Å²) in [5, 5.41) is 10.9. The van der Waals surface area contributed by atoms with E-state index >= 15 is 0 Å². The zero-order valence-corrected chi connectivity index (χ0v) is 8.25. The maximum atomic E-state index is 10.9. The molecule has 2 heterocycles. The van der Waals surface area contributed by atoms with Gasteiger partial charge in [0.2, 0.25) is 0 Å². The van der Waals surface area contributed by atoms with Gasteiger partial charge < -0.3 is 19.6 Å². The fourth-order valence-electron chi connectivity index (χ4n) is 2.02. The van der Waals surface area contributed by atoms with Gasteiger partial charge in [0, 0.05) is 0 Å². The molecule has 16 heavy (non-hydrogen) atoms. The summed E-state index contributed by atoms with van der Waals surface area (Å²) >= 11 is 0. The third-order valence-electron chi connectivity index (χ3n) is 2.65. The molecule has 0 aromatic heterocycles. The van der Waals surface area contributed by atoms with Crippen LogP contribution >= 0.6 is 0 Å². The third-order valence-corrected chi connectivity index (χ3v) is 2.65. The molecule has 6 heteroatoms. The summed E-state index contributed by atoms with van der Waals surface area (Å²) in [6.45, 7) is 0.669. The number of benzene rings is 1. The van der Waals surface area contributed by atoms with Crippen LogP contribution in [0.25, 0.3) is 0 Å². The number of nitrogens with zero attached hydrogens (tertiary/aromatic N) is 2. The molecule has 0 saturated carbocycles. The number of fused-ring (bicyclic) bond motifs is 2. The highest BCUT2D eigenvalue weighted by molar-refractivity contribution is 5.92. The normalized spacial score (nSPS) is 20.9. The van der Waals surface area contributed by atoms with Crippen molar-refractivity contribution in [3.05, 3.63) is 39.9 Å². The smallest absolute Gasteiger partial charge is 0.358 e. The average molecular weight is 220 g/mol. The van der Waals surface area contributed by atoms with Crippen LogP contribution in [0.15, 0.2) is 29.3 Å². The molecule has 0 N–H and O–H groups in total. The lowest BCUT2D eigenvalue weighted by Gasteiger charge is -2.18. The Morgan fingerprint density at radius 3 is 2.69 bits per heavy atom. The number of para-hydroxylation sites is 1. The highest BCUT2D eigenvalue weighted by Crippen LogP contribution is 2.44. The van der Waals surface area contributed by atoms with Crippen molar-refractivity contribution in [1.29, 1.82) is 0 Å². The number of aliphatic imine (C=N–C) groups is 1. The monoisotopic (exact) mass is 220 g/mol. The SMILES string of the molecule is O=[N+]([O-])C1=Nc2ccccc2C12OCCO2. The zero-order valence-electron chi connectivity index (χ0n) is 8.25. The first-order chi connectivity index (χ1) is 7.74. The van der Waals surface area contributed by atoms with E-state index in [0.717, 1.165) is 0 Å². The van der Waals surface area contributed by atoms with Crippen LogP contribution in [-0.4, -0.2) is 24.0 Å². The number of hydrogen-bond acceptors (Lipinski definition) is 5. The summed E-state index contributed by atoms with van der Waals surface area (Å²) in [7, 11) is 0. The van der Waals surface area contributed by atoms with Gasteiger partial charge in [0.05, 0.1) is 18.8 Å². The predicted molar refractivity (Wildman–Crippen MR) is 54.1 cm³/mol. The van der Waals surface area contributed by atoms with Crippen molar-refractivity contribution in [1.82, 2.24) is 0 Å². The van der Waals surface area contributed by atoms with Gasteiger partial charge in [-0.15, -0.1) is 0 Å². The highest BCUT2D eigenvalue weighted by atomic mass is 16.7. The van der Waals surface area contributed by atoms with Gasteiger partial charge in [0.25, 0.3) is 0 Å². The number of nitro groups is 1. The second-order valence-electron chi connectivity index (χ2n) is 3.52. The fraction of sp³-hybridized carbons (Fsp3) is 0.300. The summed E-state index contributed by atoms with van der Waals surface area (Å²) in [6, 6.07) is 7.00. The molecule has 0 aliphatic carbocycles. The number of hydrogen-bond donors (Lipinski definition) is 0. The molecule has 0 atom stereocenters. The summed E-state index contributed by atoms with van der Waals surface area (Å²) in [5.74, 6) is -1.67. The summed E-state index contributed by atoms with van der Waals surface area (Å²) < 4.78 is 10.8. The van der Waals surface area contributed by atoms with Crippen molar-refractivity contribution in [3.8, 4) is 0 Å². The second kappa shape index (κ2) is 3.10. The van der Waals surface area contributed by atoms with E-state index in [-0.39, 0.29) is 5.84 Å². The Morgan fingerprint density at radius 2 is 2.00 bits per heavy atom. The topological polar surface area (TPSA) is 74.0 Å². The first-order valence-electron chi connectivity index (χ1n) is 4.85. The maximum absolute atomic E-state index is 10.9. The van der Waals surface area contributed by atoms with E-state index in [9.17, 15) is 10.1 Å². The molecule has 3 rings (SSSR count). The van der Waals surface area contributed by atoms with Crippen LogP contribution in [0.4, 0.5) is 5.69 Å². The molecule has 1 aromatic carbocycles. The first-order valence-corrected chi connectivity index (χ1v) is 4.85. The molecular formula is C10H8N2O4. The number of amidine groups is 1. The van der Waals surface area contributed by atoms with E-state index in [0.29, 0.717) is 24.5 Å². The molecule has 1 spiro atoms. The predicted octanol–water partition coefficient (Wildman–Crippen LogP) is 1.21. The van der Waals surface area contributed by atoms with Crippen molar-refractivity contribution in [2.45, 2.75) is 5.79 Å². The zero-order chi connectivity index (χ0) is 11.2. The van der Waals surface area contributed by atoms with E-state index < -0.39 is 10.7 Å². The molecular weight excluding hydrogens is 212 g/mol. The lowest BCUT2D eigenvalue weighted by atomic mass is 10.1. The van der Waals surface area contributed by atoms with Gasteiger partial charge in [0.1, 0.15) is 0 Å². The van der Waals surface area contributed by atoms with Crippen LogP contribution in [0.1, 0.15) is 5.56 Å². The quantitative estimate of drug-likeness (QED) is 0.486. The number of rotatable bonds is 0. The summed E-state index contributed by atoms with van der Waals surface area (Å²) in [4.78, 5) is 14.3. The Kier molecular flexibility index (Phi) is 1.83. The molecule has 1 aromatic rings. The maximum Gasteiger partial charge on any atom is 0.405 e. The van der Waals surface area contributed by atoms with Crippen LogP contribution in [0, 0.1) is 10.1 Å². The summed E-state index contributed by atoms with van der Waals surface area (Å²) in [6.07, 6.45) is 0. The van der Waals surface area contributed by atoms with E-state index in [1.54, 1.807) is 24.3 Å². The van der Waals surface area contributed by atoms with Crippen molar-refractivity contribution < 1.29 is 14.4 Å². The molecule has 1 fully saturated rings. The Bertz CT molecular complexity index is 491. The molecule has 0 radical (unpaired) electrons. The van der Waals surface area contributed by atoms with Gasteiger partial charge in [-0.1, -0.05) is 12.1 Å². The van der Waals surface area contributed by atoms with Crippen molar-refractivity contribution >= 4 is 11.5 Å². The minimum absolute atomic E-state index is 0.286. The largest absolute Gasteiger partial charge is 0.405 e. The van der Waals surface area contributed by atoms with Gasteiger partial charge >= 0.3 is 11.6 Å². The Hall–Kier alpha value is -1.79. The lowest BCUT2D eigenvalue weighted by Crippen LogP contribution is -2.38. The number of ether oxygens (including phenoxy) is 2. The van der Waals surface area contributed by atoms with Crippen LogP contribution in [0.3, 0.4) is 0 Å². The summed E-state index contributed by atoms with van der Waals surface area (Å²) in [5.41, 5.74) is 1.15. The van der Waals surface area contributed by atoms with Gasteiger partial charge in [0.15, 0.2) is 5.69 Å². The highest BCUT2D eigenvalue weighted by Gasteiger charge is 2.57. The van der Waals surface area contributed by atoms with E-state index in [1.807, 2.05) is 0 Å². The minimum atomic E-state index is -1.39. The van der Waals surface area contributed by atoms with Gasteiger partial charge in [-0.3, -0.25) is 0 Å². The molecule has 1 saturated heterocycles. The second-order valence-corrected chi connectivity index (χ2v) is 3.52. The van der Waals surface area contributed by atoms with Gasteiger partial charge in [-0.05, 0) is 22.0 Å².